The lowest BCUT2D eigenvalue weighted by atomic mass is 10.0. The van der Waals surface area contributed by atoms with E-state index in [2.05, 4.69) is 10.3 Å². The largest absolute Gasteiger partial charge is 0.337 e. The molecule has 130 valence electrons. The van der Waals surface area contributed by atoms with Gasteiger partial charge in [0.2, 0.25) is 10.0 Å². The molecule has 1 aromatic carbocycles. The molecule has 7 heteroatoms. The van der Waals surface area contributed by atoms with Gasteiger partial charge >= 0.3 is 0 Å². The van der Waals surface area contributed by atoms with E-state index in [9.17, 15) is 8.42 Å². The minimum atomic E-state index is -3.59. The zero-order valence-electron chi connectivity index (χ0n) is 14.3. The van der Waals surface area contributed by atoms with Crippen LogP contribution in [0, 0.1) is 0 Å². The summed E-state index contributed by atoms with van der Waals surface area (Å²) in [5.41, 5.74) is 0.856. The Hall–Kier alpha value is -1.70. The summed E-state index contributed by atoms with van der Waals surface area (Å²) in [6.45, 7) is 5.68. The van der Waals surface area contributed by atoms with Crippen molar-refractivity contribution in [3.63, 3.8) is 0 Å². The molecular weight excluding hydrogens is 324 g/mol. The molecule has 0 spiro atoms. The Balaban J connectivity index is 2.06. The van der Waals surface area contributed by atoms with Crippen LogP contribution in [0.3, 0.4) is 0 Å². The summed E-state index contributed by atoms with van der Waals surface area (Å²) in [6, 6.07) is 6.99. The van der Waals surface area contributed by atoms with Crippen molar-refractivity contribution in [1.82, 2.24) is 19.2 Å². The van der Waals surface area contributed by atoms with Gasteiger partial charge in [-0.05, 0) is 17.5 Å². The van der Waals surface area contributed by atoms with Gasteiger partial charge in [-0.15, -0.1) is 0 Å². The zero-order chi connectivity index (χ0) is 17.3. The lowest BCUT2D eigenvalue weighted by molar-refractivity contribution is 0.258. The van der Waals surface area contributed by atoms with E-state index in [1.54, 1.807) is 22.6 Å². The van der Waals surface area contributed by atoms with Crippen LogP contribution in [0.1, 0.15) is 37.2 Å². The molecule has 1 aliphatic rings. The molecule has 2 heterocycles. The average Bonchev–Trinajstić information content (AvgIpc) is 3.00. The molecule has 0 saturated carbocycles. The fourth-order valence-electron chi connectivity index (χ4n) is 3.21. The number of piperazine rings is 1. The number of aromatic nitrogens is 2. The maximum atomic E-state index is 13.4. The van der Waals surface area contributed by atoms with Crippen LogP contribution in [-0.4, -0.2) is 41.9 Å². The van der Waals surface area contributed by atoms with Gasteiger partial charge in [-0.2, -0.15) is 4.31 Å². The highest BCUT2D eigenvalue weighted by Crippen LogP contribution is 2.31. The number of nitrogens with one attached hydrogen (secondary N) is 1. The number of sulfonamides is 1. The monoisotopic (exact) mass is 348 g/mol. The first-order valence-corrected chi connectivity index (χ1v) is 9.65. The van der Waals surface area contributed by atoms with Crippen LogP contribution in [-0.2, 0) is 17.1 Å². The summed E-state index contributed by atoms with van der Waals surface area (Å²) in [6.07, 6.45) is 3.55. The molecule has 1 unspecified atom stereocenters. The maximum absolute atomic E-state index is 13.4. The van der Waals surface area contributed by atoms with Gasteiger partial charge in [-0.1, -0.05) is 32.0 Å². The molecule has 24 heavy (non-hydrogen) atoms. The normalized spacial score (nSPS) is 19.8. The Morgan fingerprint density at radius 3 is 2.71 bits per heavy atom. The predicted molar refractivity (Wildman–Crippen MR) is 93.2 cm³/mol. The number of benzene rings is 1. The Bertz CT molecular complexity index is 814. The van der Waals surface area contributed by atoms with Crippen molar-refractivity contribution >= 4 is 10.0 Å². The van der Waals surface area contributed by atoms with E-state index in [1.807, 2.05) is 43.8 Å². The molecule has 1 atom stereocenters. The highest BCUT2D eigenvalue weighted by Gasteiger charge is 2.37. The molecule has 1 aliphatic heterocycles. The molecule has 0 aliphatic carbocycles. The molecule has 3 rings (SSSR count). The fourth-order valence-corrected chi connectivity index (χ4v) is 5.15. The second kappa shape index (κ2) is 6.66. The number of aryl methyl sites for hydroxylation is 1. The van der Waals surface area contributed by atoms with Gasteiger partial charge in [0, 0.05) is 39.1 Å². The molecule has 1 saturated heterocycles. The minimum absolute atomic E-state index is 0.144. The van der Waals surface area contributed by atoms with Gasteiger partial charge in [0.1, 0.15) is 5.82 Å². The maximum Gasteiger partial charge on any atom is 0.244 e. The van der Waals surface area contributed by atoms with Crippen molar-refractivity contribution in [2.24, 2.45) is 7.05 Å². The Labute approximate surface area is 143 Å². The minimum Gasteiger partial charge on any atom is -0.337 e. The molecule has 1 fully saturated rings. The van der Waals surface area contributed by atoms with Gasteiger partial charge < -0.3 is 9.88 Å². The average molecular weight is 348 g/mol. The SMILES string of the molecule is CC(C)c1ccccc1S(=O)(=O)N1CCNCC1c1nccn1C. The van der Waals surface area contributed by atoms with E-state index in [0.717, 1.165) is 11.4 Å². The van der Waals surface area contributed by atoms with Crippen LogP contribution in [0.25, 0.3) is 0 Å². The fraction of sp³-hybridized carbons (Fsp3) is 0.471. The quantitative estimate of drug-likeness (QED) is 0.916. The lowest BCUT2D eigenvalue weighted by Crippen LogP contribution is -2.49. The predicted octanol–water partition coefficient (Wildman–Crippen LogP) is 1.88. The van der Waals surface area contributed by atoms with E-state index < -0.39 is 10.0 Å². The van der Waals surface area contributed by atoms with Gasteiger partial charge in [0.15, 0.2) is 0 Å². The lowest BCUT2D eigenvalue weighted by Gasteiger charge is -2.35. The Morgan fingerprint density at radius 1 is 1.29 bits per heavy atom. The summed E-state index contributed by atoms with van der Waals surface area (Å²) >= 11 is 0. The second-order valence-electron chi connectivity index (χ2n) is 6.42. The molecule has 0 radical (unpaired) electrons. The first kappa shape index (κ1) is 17.1. The number of imidazole rings is 1. The standard InChI is InChI=1S/C17H24N4O2S/c1-13(2)14-6-4-5-7-16(14)24(22,23)21-11-8-18-12-15(21)17-19-9-10-20(17)3/h4-7,9-10,13,15,18H,8,11-12H2,1-3H3. The van der Waals surface area contributed by atoms with Crippen molar-refractivity contribution in [2.75, 3.05) is 19.6 Å². The van der Waals surface area contributed by atoms with Crippen molar-refractivity contribution in [3.05, 3.63) is 48.0 Å². The first-order valence-electron chi connectivity index (χ1n) is 8.21. The van der Waals surface area contributed by atoms with Crippen molar-refractivity contribution < 1.29 is 8.42 Å². The first-order chi connectivity index (χ1) is 11.4. The molecule has 0 bridgehead atoms. The van der Waals surface area contributed by atoms with Crippen LogP contribution in [0.5, 0.6) is 0 Å². The van der Waals surface area contributed by atoms with E-state index in [0.29, 0.717) is 24.5 Å². The van der Waals surface area contributed by atoms with Gasteiger partial charge in [0.25, 0.3) is 0 Å². The van der Waals surface area contributed by atoms with E-state index in [4.69, 9.17) is 0 Å². The number of hydrogen-bond acceptors (Lipinski definition) is 4. The summed E-state index contributed by atoms with van der Waals surface area (Å²) in [4.78, 5) is 4.78. The molecule has 2 aromatic rings. The summed E-state index contributed by atoms with van der Waals surface area (Å²) in [5, 5.41) is 3.28. The topological polar surface area (TPSA) is 67.2 Å². The molecule has 1 aromatic heterocycles. The highest BCUT2D eigenvalue weighted by molar-refractivity contribution is 7.89. The smallest absolute Gasteiger partial charge is 0.244 e. The molecule has 6 nitrogen and oxygen atoms in total. The van der Waals surface area contributed by atoms with E-state index in [1.165, 1.54) is 0 Å². The number of nitrogens with zero attached hydrogens (tertiary/aromatic N) is 3. The van der Waals surface area contributed by atoms with Crippen molar-refractivity contribution in [1.29, 1.82) is 0 Å². The van der Waals surface area contributed by atoms with Gasteiger partial charge in [-0.25, -0.2) is 13.4 Å². The summed E-state index contributed by atoms with van der Waals surface area (Å²) < 4.78 is 30.3. The summed E-state index contributed by atoms with van der Waals surface area (Å²) in [7, 11) is -1.70. The van der Waals surface area contributed by atoms with E-state index >= 15 is 0 Å². The third-order valence-electron chi connectivity index (χ3n) is 4.48. The molecule has 0 amide bonds. The summed E-state index contributed by atoms with van der Waals surface area (Å²) in [5.74, 6) is 0.901. The van der Waals surface area contributed by atoms with Crippen LogP contribution in [0.2, 0.25) is 0 Å². The van der Waals surface area contributed by atoms with E-state index in [-0.39, 0.29) is 12.0 Å². The molecule has 1 N–H and O–H groups in total. The van der Waals surface area contributed by atoms with Crippen LogP contribution >= 0.6 is 0 Å². The van der Waals surface area contributed by atoms with Crippen LogP contribution < -0.4 is 5.32 Å². The third-order valence-corrected chi connectivity index (χ3v) is 6.46. The van der Waals surface area contributed by atoms with Crippen molar-refractivity contribution in [2.45, 2.75) is 30.7 Å². The Kier molecular flexibility index (Phi) is 4.76. The van der Waals surface area contributed by atoms with Crippen molar-refractivity contribution in [3.8, 4) is 0 Å². The van der Waals surface area contributed by atoms with Crippen LogP contribution in [0.15, 0.2) is 41.6 Å². The Morgan fingerprint density at radius 2 is 2.04 bits per heavy atom. The number of hydrogen-bond donors (Lipinski definition) is 1. The zero-order valence-corrected chi connectivity index (χ0v) is 15.1. The highest BCUT2D eigenvalue weighted by atomic mass is 32.2. The van der Waals surface area contributed by atoms with Crippen LogP contribution in [0.4, 0.5) is 0 Å². The van der Waals surface area contributed by atoms with Gasteiger partial charge in [-0.3, -0.25) is 0 Å². The number of rotatable bonds is 4. The third kappa shape index (κ3) is 2.99. The van der Waals surface area contributed by atoms with Gasteiger partial charge in [0.05, 0.1) is 10.9 Å². The molecular formula is C17H24N4O2S. The second-order valence-corrected chi connectivity index (χ2v) is 8.28.